The van der Waals surface area contributed by atoms with Gasteiger partial charge in [-0.1, -0.05) is 71.7 Å². The number of para-hydroxylation sites is 1. The Balaban J connectivity index is 1.43. The molecular formula is C27H16Cl2N4O2S. The fourth-order valence-corrected chi connectivity index (χ4v) is 5.16. The predicted molar refractivity (Wildman–Crippen MR) is 145 cm³/mol. The minimum absolute atomic E-state index is 0.365. The first-order valence-electron chi connectivity index (χ1n) is 11.0. The Hall–Kier alpha value is -3.65. The number of imidazole rings is 1. The molecule has 0 spiro atoms. The van der Waals surface area contributed by atoms with E-state index in [4.69, 9.17) is 33.2 Å². The summed E-state index contributed by atoms with van der Waals surface area (Å²) in [6.45, 7) is 0.485. The summed E-state index contributed by atoms with van der Waals surface area (Å²) in [6, 6.07) is 23.3. The van der Waals surface area contributed by atoms with Crippen molar-refractivity contribution < 1.29 is 9.59 Å². The normalized spacial score (nSPS) is 14.8. The monoisotopic (exact) mass is 530 g/mol. The molecule has 3 aromatic carbocycles. The molecule has 5 aromatic rings. The molecule has 6 rings (SSSR count). The molecule has 1 saturated heterocycles. The zero-order chi connectivity index (χ0) is 24.8. The number of imide groups is 1. The summed E-state index contributed by atoms with van der Waals surface area (Å²) in [6.07, 6.45) is 1.69. The number of amides is 2. The maximum Gasteiger partial charge on any atom is 0.290 e. The number of carbonyl (C=O) groups is 2. The molecule has 176 valence electrons. The zero-order valence-electron chi connectivity index (χ0n) is 18.5. The van der Waals surface area contributed by atoms with Crippen LogP contribution in [0.4, 0.5) is 4.79 Å². The molecule has 2 aromatic heterocycles. The Morgan fingerprint density at radius 2 is 1.67 bits per heavy atom. The third kappa shape index (κ3) is 4.26. The smallest absolute Gasteiger partial charge is 0.290 e. The Kier molecular flexibility index (Phi) is 5.76. The number of hydrogen-bond donors (Lipinski definition) is 1. The maximum atomic E-state index is 11.9. The number of carbonyl (C=O) groups excluding carboxylic acids is 2. The Bertz CT molecular complexity index is 1730. The van der Waals surface area contributed by atoms with Crippen LogP contribution in [0.5, 0.6) is 0 Å². The van der Waals surface area contributed by atoms with Crippen LogP contribution in [0, 0.1) is 0 Å². The van der Waals surface area contributed by atoms with Crippen molar-refractivity contribution in [3.05, 3.63) is 99.0 Å². The molecule has 1 aliphatic rings. The zero-order valence-corrected chi connectivity index (χ0v) is 20.9. The van der Waals surface area contributed by atoms with Gasteiger partial charge in [0.15, 0.2) is 0 Å². The predicted octanol–water partition coefficient (Wildman–Crippen LogP) is 6.93. The van der Waals surface area contributed by atoms with Crippen LogP contribution in [0.25, 0.3) is 39.4 Å². The topological polar surface area (TPSA) is 76.9 Å². The highest BCUT2D eigenvalue weighted by Crippen LogP contribution is 2.33. The highest BCUT2D eigenvalue weighted by atomic mass is 35.5. The van der Waals surface area contributed by atoms with E-state index in [1.54, 1.807) is 12.1 Å². The molecule has 1 fully saturated rings. The third-order valence-electron chi connectivity index (χ3n) is 5.88. The number of pyridine rings is 1. The van der Waals surface area contributed by atoms with Gasteiger partial charge in [-0.05, 0) is 47.7 Å². The van der Waals surface area contributed by atoms with Gasteiger partial charge in [0.25, 0.3) is 11.1 Å². The lowest BCUT2D eigenvalue weighted by Crippen LogP contribution is -2.17. The van der Waals surface area contributed by atoms with Crippen molar-refractivity contribution in [3.8, 4) is 11.4 Å². The first-order valence-corrected chi connectivity index (χ1v) is 12.6. The standard InChI is InChI=1S/C27H16Cl2N4O2S/c28-19-12-22-23(13-20(19)29)33(14-18-10-9-16-3-1-2-4-21(16)30-18)25(31-22)17-7-5-15(6-8-17)11-24-26(34)32-27(35)36-24/h1-13H,14H2,(H,32,34,35). The molecule has 0 saturated carbocycles. The lowest BCUT2D eigenvalue weighted by Gasteiger charge is -2.11. The summed E-state index contributed by atoms with van der Waals surface area (Å²) < 4.78 is 2.07. The molecule has 36 heavy (non-hydrogen) atoms. The van der Waals surface area contributed by atoms with Crippen molar-refractivity contribution in [2.75, 3.05) is 0 Å². The Morgan fingerprint density at radius 1 is 0.889 bits per heavy atom. The summed E-state index contributed by atoms with van der Waals surface area (Å²) in [5.41, 5.74) is 5.06. The third-order valence-corrected chi connectivity index (χ3v) is 7.41. The SMILES string of the molecule is O=C1NC(=O)C(=Cc2ccc(-c3nc4cc(Cl)c(Cl)cc4n3Cc3ccc4ccccc4n3)cc2)S1. The Labute approximate surface area is 219 Å². The lowest BCUT2D eigenvalue weighted by molar-refractivity contribution is -0.115. The van der Waals surface area contributed by atoms with Crippen molar-refractivity contribution in [1.29, 1.82) is 0 Å². The molecule has 0 unspecified atom stereocenters. The average molecular weight is 531 g/mol. The van der Waals surface area contributed by atoms with Gasteiger partial charge in [-0.3, -0.25) is 19.9 Å². The van der Waals surface area contributed by atoms with Crippen LogP contribution in [-0.4, -0.2) is 25.7 Å². The quantitative estimate of drug-likeness (QED) is 0.255. The van der Waals surface area contributed by atoms with Gasteiger partial charge in [0.1, 0.15) is 5.82 Å². The van der Waals surface area contributed by atoms with E-state index in [0.717, 1.165) is 56.3 Å². The van der Waals surface area contributed by atoms with Crippen molar-refractivity contribution >= 4 is 74.1 Å². The van der Waals surface area contributed by atoms with Crippen LogP contribution >= 0.6 is 35.0 Å². The van der Waals surface area contributed by atoms with Gasteiger partial charge in [-0.25, -0.2) is 4.98 Å². The average Bonchev–Trinajstić information content (AvgIpc) is 3.37. The molecule has 6 nitrogen and oxygen atoms in total. The van der Waals surface area contributed by atoms with Gasteiger partial charge in [-0.2, -0.15) is 0 Å². The molecule has 9 heteroatoms. The van der Waals surface area contributed by atoms with Crippen LogP contribution in [0.15, 0.2) is 77.7 Å². The van der Waals surface area contributed by atoms with Gasteiger partial charge in [-0.15, -0.1) is 0 Å². The summed E-state index contributed by atoms with van der Waals surface area (Å²) in [5, 5.41) is 3.87. The minimum atomic E-state index is -0.382. The first-order chi connectivity index (χ1) is 17.4. The first kappa shape index (κ1) is 22.8. The number of nitrogens with one attached hydrogen (secondary N) is 1. The molecule has 1 N–H and O–H groups in total. The van der Waals surface area contributed by atoms with E-state index in [9.17, 15) is 9.59 Å². The van der Waals surface area contributed by atoms with Gasteiger partial charge in [0.2, 0.25) is 0 Å². The number of rotatable bonds is 4. The summed E-state index contributed by atoms with van der Waals surface area (Å²) in [4.78, 5) is 33.4. The number of aromatic nitrogens is 3. The highest BCUT2D eigenvalue weighted by molar-refractivity contribution is 8.18. The fraction of sp³-hybridized carbons (Fsp3) is 0.0370. The van der Waals surface area contributed by atoms with Gasteiger partial charge >= 0.3 is 0 Å². The van der Waals surface area contributed by atoms with Gasteiger partial charge < -0.3 is 4.57 Å². The second-order valence-corrected chi connectivity index (χ2v) is 10.1. The molecule has 0 bridgehead atoms. The number of fused-ring (bicyclic) bond motifs is 2. The molecule has 2 amide bonds. The van der Waals surface area contributed by atoms with Crippen molar-refractivity contribution in [2.24, 2.45) is 0 Å². The van der Waals surface area contributed by atoms with E-state index in [0.29, 0.717) is 21.5 Å². The van der Waals surface area contributed by atoms with Crippen LogP contribution < -0.4 is 5.32 Å². The number of hydrogen-bond acceptors (Lipinski definition) is 5. The van der Waals surface area contributed by atoms with Crippen LogP contribution in [0.2, 0.25) is 10.0 Å². The van der Waals surface area contributed by atoms with E-state index < -0.39 is 0 Å². The van der Waals surface area contributed by atoms with Gasteiger partial charge in [0.05, 0.1) is 43.7 Å². The number of benzene rings is 3. The molecule has 1 aliphatic heterocycles. The number of halogens is 2. The van der Waals surface area contributed by atoms with Gasteiger partial charge in [0, 0.05) is 10.9 Å². The maximum absolute atomic E-state index is 11.9. The lowest BCUT2D eigenvalue weighted by atomic mass is 10.1. The second-order valence-electron chi connectivity index (χ2n) is 8.25. The van der Waals surface area contributed by atoms with Crippen LogP contribution in [0.1, 0.15) is 11.3 Å². The fourth-order valence-electron chi connectivity index (χ4n) is 4.16. The highest BCUT2D eigenvalue weighted by Gasteiger charge is 2.25. The van der Waals surface area contributed by atoms with E-state index in [1.165, 1.54) is 0 Å². The van der Waals surface area contributed by atoms with E-state index in [-0.39, 0.29) is 11.1 Å². The van der Waals surface area contributed by atoms with E-state index >= 15 is 0 Å². The van der Waals surface area contributed by atoms with Crippen molar-refractivity contribution in [1.82, 2.24) is 19.9 Å². The van der Waals surface area contributed by atoms with Crippen LogP contribution in [-0.2, 0) is 11.3 Å². The second kappa shape index (κ2) is 9.09. The molecular weight excluding hydrogens is 515 g/mol. The van der Waals surface area contributed by atoms with Crippen LogP contribution in [0.3, 0.4) is 0 Å². The summed E-state index contributed by atoms with van der Waals surface area (Å²) in [7, 11) is 0. The molecule has 0 aliphatic carbocycles. The van der Waals surface area contributed by atoms with E-state index in [2.05, 4.69) is 16.0 Å². The molecule has 0 radical (unpaired) electrons. The minimum Gasteiger partial charge on any atom is -0.318 e. The Morgan fingerprint density at radius 3 is 2.44 bits per heavy atom. The summed E-state index contributed by atoms with van der Waals surface area (Å²) >= 11 is 13.5. The van der Waals surface area contributed by atoms with E-state index in [1.807, 2.05) is 60.7 Å². The largest absolute Gasteiger partial charge is 0.318 e. The molecule has 0 atom stereocenters. The summed E-state index contributed by atoms with van der Waals surface area (Å²) in [5.74, 6) is 0.355. The van der Waals surface area contributed by atoms with Crippen molar-refractivity contribution in [3.63, 3.8) is 0 Å². The van der Waals surface area contributed by atoms with Crippen molar-refractivity contribution in [2.45, 2.75) is 6.54 Å². The number of thioether (sulfide) groups is 1. The number of nitrogens with zero attached hydrogens (tertiary/aromatic N) is 3. The molecule has 3 heterocycles.